The maximum atomic E-state index is 11.7. The Balaban J connectivity index is 2.59. The first kappa shape index (κ1) is 15.9. The van der Waals surface area contributed by atoms with Crippen molar-refractivity contribution in [3.05, 3.63) is 28.4 Å². The van der Waals surface area contributed by atoms with Crippen LogP contribution in [0.1, 0.15) is 27.2 Å². The van der Waals surface area contributed by atoms with Crippen molar-refractivity contribution >= 4 is 11.8 Å². The molecule has 7 nitrogen and oxygen atoms in total. The van der Waals surface area contributed by atoms with E-state index in [9.17, 15) is 14.9 Å². The molecule has 1 aromatic rings. The van der Waals surface area contributed by atoms with Gasteiger partial charge in [0.1, 0.15) is 6.20 Å². The van der Waals surface area contributed by atoms with E-state index in [0.717, 1.165) is 6.42 Å². The highest BCUT2D eigenvalue weighted by Gasteiger charge is 2.22. The van der Waals surface area contributed by atoms with Gasteiger partial charge in [0.2, 0.25) is 5.75 Å². The summed E-state index contributed by atoms with van der Waals surface area (Å²) in [5.74, 6) is -0.595. The largest absolute Gasteiger partial charge is 0.471 e. The molecule has 1 atom stereocenters. The minimum absolute atomic E-state index is 0.0502. The highest BCUT2D eigenvalue weighted by Crippen LogP contribution is 2.24. The molecule has 0 radical (unpaired) electrons. The van der Waals surface area contributed by atoms with Gasteiger partial charge in [-0.05, 0) is 41.3 Å². The molecule has 0 saturated heterocycles. The number of esters is 1. The Hall–Kier alpha value is -2.18. The standard InChI is InChI=1S/C13H18N2O5/c1-9(2)6-8-19-13(16)10(3)20-11-5-4-7-14-12(11)15(17)18/h4-5,7,9-10H,6,8H2,1-3H3. The zero-order chi connectivity index (χ0) is 15.1. The van der Waals surface area contributed by atoms with Gasteiger partial charge < -0.3 is 19.6 Å². The van der Waals surface area contributed by atoms with Crippen LogP contribution in [0.4, 0.5) is 5.82 Å². The van der Waals surface area contributed by atoms with Crippen LogP contribution in [0.3, 0.4) is 0 Å². The molecule has 1 rings (SSSR count). The van der Waals surface area contributed by atoms with Gasteiger partial charge in [-0.15, -0.1) is 0 Å². The lowest BCUT2D eigenvalue weighted by atomic mass is 10.1. The van der Waals surface area contributed by atoms with Crippen LogP contribution >= 0.6 is 0 Å². The van der Waals surface area contributed by atoms with Crippen LogP contribution in [-0.4, -0.2) is 28.6 Å². The van der Waals surface area contributed by atoms with E-state index in [-0.39, 0.29) is 5.75 Å². The molecule has 0 saturated carbocycles. The SMILES string of the molecule is CC(C)CCOC(=O)C(C)Oc1cccnc1[N+](=O)[O-]. The predicted molar refractivity (Wildman–Crippen MR) is 71.4 cm³/mol. The highest BCUT2D eigenvalue weighted by atomic mass is 16.6. The molecular weight excluding hydrogens is 264 g/mol. The molecule has 1 heterocycles. The molecule has 0 amide bonds. The summed E-state index contributed by atoms with van der Waals surface area (Å²) >= 11 is 0. The van der Waals surface area contributed by atoms with E-state index < -0.39 is 22.8 Å². The predicted octanol–water partition coefficient (Wildman–Crippen LogP) is 2.35. The molecule has 20 heavy (non-hydrogen) atoms. The van der Waals surface area contributed by atoms with Crippen molar-refractivity contribution < 1.29 is 19.2 Å². The second-order valence-corrected chi connectivity index (χ2v) is 4.69. The number of carbonyl (C=O) groups is 1. The molecule has 7 heteroatoms. The first-order valence-electron chi connectivity index (χ1n) is 6.34. The van der Waals surface area contributed by atoms with Crippen LogP contribution in [0.25, 0.3) is 0 Å². The van der Waals surface area contributed by atoms with Crippen LogP contribution in [0.5, 0.6) is 5.75 Å². The van der Waals surface area contributed by atoms with E-state index in [1.165, 1.54) is 25.3 Å². The summed E-state index contributed by atoms with van der Waals surface area (Å²) in [6, 6.07) is 2.89. The third-order valence-electron chi connectivity index (χ3n) is 2.50. The first-order chi connectivity index (χ1) is 9.41. The zero-order valence-electron chi connectivity index (χ0n) is 11.7. The van der Waals surface area contributed by atoms with Gasteiger partial charge >= 0.3 is 11.8 Å². The third-order valence-corrected chi connectivity index (χ3v) is 2.50. The molecule has 0 bridgehead atoms. The third kappa shape index (κ3) is 4.83. The number of rotatable bonds is 7. The van der Waals surface area contributed by atoms with Gasteiger partial charge in [0.25, 0.3) is 0 Å². The Morgan fingerprint density at radius 3 is 2.75 bits per heavy atom. The molecule has 0 aliphatic carbocycles. The molecule has 0 aliphatic heterocycles. The van der Waals surface area contributed by atoms with Gasteiger partial charge in [-0.2, -0.15) is 0 Å². The Kier molecular flexibility index (Phi) is 5.89. The molecule has 0 spiro atoms. The monoisotopic (exact) mass is 282 g/mol. The fraction of sp³-hybridized carbons (Fsp3) is 0.538. The number of carbonyl (C=O) groups excluding carboxylic acids is 1. The van der Waals surface area contributed by atoms with E-state index >= 15 is 0 Å². The first-order valence-corrected chi connectivity index (χ1v) is 6.34. The molecule has 110 valence electrons. The van der Waals surface area contributed by atoms with Gasteiger partial charge in [-0.3, -0.25) is 0 Å². The molecule has 1 aromatic heterocycles. The van der Waals surface area contributed by atoms with Crippen LogP contribution in [0.2, 0.25) is 0 Å². The van der Waals surface area contributed by atoms with Gasteiger partial charge in [0.15, 0.2) is 6.10 Å². The van der Waals surface area contributed by atoms with Crippen LogP contribution in [-0.2, 0) is 9.53 Å². The van der Waals surface area contributed by atoms with E-state index in [2.05, 4.69) is 4.98 Å². The number of hydrogen-bond donors (Lipinski definition) is 0. The maximum absolute atomic E-state index is 11.7. The number of ether oxygens (including phenoxy) is 2. The number of nitro groups is 1. The lowest BCUT2D eigenvalue weighted by Crippen LogP contribution is -2.27. The van der Waals surface area contributed by atoms with Crippen molar-refractivity contribution in [2.45, 2.75) is 33.3 Å². The minimum Gasteiger partial charge on any atom is -0.471 e. The summed E-state index contributed by atoms with van der Waals surface area (Å²) in [5.41, 5.74) is 0. The Morgan fingerprint density at radius 2 is 2.15 bits per heavy atom. The smallest absolute Gasteiger partial charge is 0.406 e. The van der Waals surface area contributed by atoms with Crippen molar-refractivity contribution in [3.63, 3.8) is 0 Å². The van der Waals surface area contributed by atoms with Gasteiger partial charge in [0.05, 0.1) is 6.61 Å². The molecule has 0 aromatic carbocycles. The summed E-state index contributed by atoms with van der Waals surface area (Å²) in [6.45, 7) is 5.83. The topological polar surface area (TPSA) is 91.6 Å². The average Bonchev–Trinajstić information content (AvgIpc) is 2.38. The lowest BCUT2D eigenvalue weighted by Gasteiger charge is -2.14. The van der Waals surface area contributed by atoms with Gasteiger partial charge in [-0.25, -0.2) is 4.79 Å². The zero-order valence-corrected chi connectivity index (χ0v) is 11.7. The second kappa shape index (κ2) is 7.42. The Labute approximate surface area is 117 Å². The van der Waals surface area contributed by atoms with Crippen molar-refractivity contribution in [1.82, 2.24) is 4.98 Å². The number of hydrogen-bond acceptors (Lipinski definition) is 6. The normalized spacial score (nSPS) is 12.0. The van der Waals surface area contributed by atoms with Gasteiger partial charge in [0, 0.05) is 0 Å². The number of aromatic nitrogens is 1. The molecule has 0 N–H and O–H groups in total. The van der Waals surface area contributed by atoms with Crippen molar-refractivity contribution in [2.24, 2.45) is 5.92 Å². The van der Waals surface area contributed by atoms with Gasteiger partial charge in [-0.1, -0.05) is 13.8 Å². The average molecular weight is 282 g/mol. The highest BCUT2D eigenvalue weighted by molar-refractivity contribution is 5.74. The van der Waals surface area contributed by atoms with E-state index in [1.807, 2.05) is 13.8 Å². The van der Waals surface area contributed by atoms with Crippen LogP contribution in [0.15, 0.2) is 18.3 Å². The minimum atomic E-state index is -0.926. The van der Waals surface area contributed by atoms with E-state index in [1.54, 1.807) is 0 Å². The van der Waals surface area contributed by atoms with Crippen LogP contribution in [0, 0.1) is 16.0 Å². The molecular formula is C13H18N2O5. The molecule has 0 fully saturated rings. The van der Waals surface area contributed by atoms with Crippen molar-refractivity contribution in [1.29, 1.82) is 0 Å². The molecule has 0 aliphatic rings. The maximum Gasteiger partial charge on any atom is 0.406 e. The fourth-order valence-electron chi connectivity index (χ4n) is 1.36. The summed E-state index contributed by atoms with van der Waals surface area (Å²) in [4.78, 5) is 25.4. The Bertz CT molecular complexity index is 476. The Morgan fingerprint density at radius 1 is 1.45 bits per heavy atom. The molecule has 1 unspecified atom stereocenters. The van der Waals surface area contributed by atoms with E-state index in [0.29, 0.717) is 12.5 Å². The van der Waals surface area contributed by atoms with E-state index in [4.69, 9.17) is 9.47 Å². The summed E-state index contributed by atoms with van der Waals surface area (Å²) in [5, 5.41) is 10.8. The summed E-state index contributed by atoms with van der Waals surface area (Å²) in [7, 11) is 0. The number of nitrogens with zero attached hydrogens (tertiary/aromatic N) is 2. The summed E-state index contributed by atoms with van der Waals surface area (Å²) < 4.78 is 10.3. The fourth-order valence-corrected chi connectivity index (χ4v) is 1.36. The summed E-state index contributed by atoms with van der Waals surface area (Å²) in [6.07, 6.45) is 1.12. The van der Waals surface area contributed by atoms with Crippen molar-refractivity contribution in [2.75, 3.05) is 6.61 Å². The lowest BCUT2D eigenvalue weighted by molar-refractivity contribution is -0.390. The quantitative estimate of drug-likeness (QED) is 0.433. The number of pyridine rings is 1. The van der Waals surface area contributed by atoms with Crippen LogP contribution < -0.4 is 4.74 Å². The van der Waals surface area contributed by atoms with Crippen molar-refractivity contribution in [3.8, 4) is 5.75 Å². The second-order valence-electron chi connectivity index (χ2n) is 4.69.